The third-order valence-electron chi connectivity index (χ3n) is 19.8. The number of unbranched alkanes of at least 4 members (excludes halogenated alkanes) is 2. The Kier molecular flexibility index (Phi) is 23.6. The highest BCUT2D eigenvalue weighted by molar-refractivity contribution is 8.00. The van der Waals surface area contributed by atoms with Crippen molar-refractivity contribution in [1.82, 2.24) is 51.1 Å². The summed E-state index contributed by atoms with van der Waals surface area (Å²) in [5, 5.41) is 14.2. The molecular weight excluding hydrogens is 1260 g/mol. The van der Waals surface area contributed by atoms with Gasteiger partial charge in [0.2, 0.25) is 41.4 Å². The van der Waals surface area contributed by atoms with E-state index < -0.39 is 108 Å². The van der Waals surface area contributed by atoms with Crippen LogP contribution in [0.2, 0.25) is 0 Å². The second-order valence-electron chi connectivity index (χ2n) is 26.4. The number of Topliss-reactive ketones (excluding diaryl/α,β-unsaturated/α-hetero) is 1. The number of anilines is 2. The van der Waals surface area contributed by atoms with Crippen LogP contribution in [0.25, 0.3) is 0 Å². The number of aryl methyl sites for hydroxylation is 1. The molecule has 0 spiro atoms. The Balaban J connectivity index is 0.808. The van der Waals surface area contributed by atoms with E-state index in [2.05, 4.69) is 31.5 Å². The van der Waals surface area contributed by atoms with E-state index in [-0.39, 0.29) is 88.1 Å². The highest BCUT2D eigenvalue weighted by Crippen LogP contribution is 2.38. The van der Waals surface area contributed by atoms with Crippen LogP contribution in [0.5, 0.6) is 0 Å². The first-order valence-electron chi connectivity index (χ1n) is 33.9. The molecule has 8 aliphatic heterocycles. The number of piperidine rings is 4. The number of urea groups is 1. The van der Waals surface area contributed by atoms with Crippen LogP contribution in [-0.2, 0) is 59.0 Å². The molecular formula is C69H91FN12O13S. The minimum absolute atomic E-state index is 0.0370. The van der Waals surface area contributed by atoms with Gasteiger partial charge < -0.3 is 65.5 Å². The number of rotatable bonds is 18. The number of carbonyl (C=O) groups excluding carboxylic acids is 11. The lowest BCUT2D eigenvalue weighted by Gasteiger charge is -2.45. The van der Waals surface area contributed by atoms with Gasteiger partial charge in [-0.05, 0) is 107 Å². The first-order chi connectivity index (χ1) is 46.1. The standard InChI is InChI=1S/C69H91FN12O13S/c1-6-52-64(88)80-27-13-16-54(80)65(89)76(5)56(34-45-20-18-42(2)19-21-45)66(90)82-38-48(41-96-58-40-77-28-24-46(58)25-29-77)57(84)36-55(82)62(86)75-61(47-14-9-7-10-15-47)67(91)94-43(3)60(63(87)73-52)74-59(85)17-11-8-12-26-71-68(92)79-32-30-78(31-33-79)53-23-22-49(35-51(53)70)81-39-50(95-69(81)93)37-72-44(4)83/h7,9-10,14-15,18-23,35,43,46,48,50,52,54-56,58,60-61H,6,8,11-13,16-17,24-34,36-41H2,1-5H3,(H,71,92)(H,72,83)(H,73,87)(H,74,85)(H,75,86)/t43-,48+,50+,52+,54+,55+,56+,58?,60+,61+/m1/s1. The lowest BCUT2D eigenvalue weighted by atomic mass is 9.88. The van der Waals surface area contributed by atoms with Gasteiger partial charge in [-0.3, -0.25) is 43.3 Å². The Morgan fingerprint density at radius 3 is 2.18 bits per heavy atom. The van der Waals surface area contributed by atoms with Gasteiger partial charge in [0.25, 0.3) is 0 Å². The zero-order valence-electron chi connectivity index (χ0n) is 55.5. The molecule has 0 aromatic heterocycles. The van der Waals surface area contributed by atoms with Gasteiger partial charge in [-0.15, -0.1) is 0 Å². The van der Waals surface area contributed by atoms with Crippen LogP contribution in [-0.4, -0.2) is 229 Å². The first-order valence-corrected chi connectivity index (χ1v) is 34.9. The van der Waals surface area contributed by atoms with Crippen LogP contribution >= 0.6 is 11.8 Å². The summed E-state index contributed by atoms with van der Waals surface area (Å²) in [5.74, 6) is -5.63. The van der Waals surface area contributed by atoms with E-state index in [1.165, 1.54) is 46.6 Å². The quantitative estimate of drug-likeness (QED) is 0.0893. The number of ether oxygens (including phenoxy) is 2. The number of likely N-dealkylation sites (N-methyl/N-ethyl adjacent to an activating group) is 1. The average molecular weight is 1350 g/mol. The number of ketones is 1. The van der Waals surface area contributed by atoms with Gasteiger partial charge in [-0.2, -0.15) is 11.8 Å². The Morgan fingerprint density at radius 1 is 0.750 bits per heavy atom. The van der Waals surface area contributed by atoms with Crippen LogP contribution < -0.4 is 36.4 Å². The predicted octanol–water partition coefficient (Wildman–Crippen LogP) is 3.84. The largest absolute Gasteiger partial charge is 0.458 e. The minimum atomic E-state index is -1.58. The lowest BCUT2D eigenvalue weighted by Crippen LogP contribution is -2.63. The van der Waals surface area contributed by atoms with E-state index in [0.29, 0.717) is 80.2 Å². The molecule has 8 aliphatic rings. The SMILES string of the molecule is CC[C@@H]1NC(=O)[C@@H](NC(=O)CCCCCNC(=O)N2CCN(c3ccc(N4C[C@H](CNC(C)=O)OC4=O)cc3F)CC2)[C@@H](C)OC(=O)[C@H](c2ccccc2)NC(=O)[C@@H]2CC(=O)[C@H](CSC3CN4CCC3CC4)CN2C(=O)[C@H](Cc2ccc(C)cc2)N(C)C(=O)[C@@H]2CCCN2C1=O. The summed E-state index contributed by atoms with van der Waals surface area (Å²) in [6.45, 7) is 11.3. The highest BCUT2D eigenvalue weighted by atomic mass is 32.2. The summed E-state index contributed by atoms with van der Waals surface area (Å²) in [4.78, 5) is 167. The maximum atomic E-state index is 15.8. The normalized spacial score (nSPS) is 27.8. The van der Waals surface area contributed by atoms with Gasteiger partial charge in [0.1, 0.15) is 54.0 Å². The van der Waals surface area contributed by atoms with E-state index in [1.54, 1.807) is 66.1 Å². The van der Waals surface area contributed by atoms with Gasteiger partial charge >= 0.3 is 18.1 Å². The zero-order chi connectivity index (χ0) is 68.3. The van der Waals surface area contributed by atoms with Gasteiger partial charge in [0.05, 0.1) is 24.5 Å². The number of hydrogen-bond donors (Lipinski definition) is 5. The van der Waals surface area contributed by atoms with Gasteiger partial charge in [-0.1, -0.05) is 73.5 Å². The molecule has 0 saturated carbocycles. The second-order valence-corrected chi connectivity index (χ2v) is 27.7. The third-order valence-corrected chi connectivity index (χ3v) is 21.4. The maximum absolute atomic E-state index is 15.8. The third kappa shape index (κ3) is 17.1. The van der Waals surface area contributed by atoms with Crippen molar-refractivity contribution in [2.45, 2.75) is 152 Å². The number of piperazine rings is 1. The van der Waals surface area contributed by atoms with Gasteiger partial charge in [-0.25, -0.2) is 18.8 Å². The summed E-state index contributed by atoms with van der Waals surface area (Å²) < 4.78 is 27.0. The molecule has 96 heavy (non-hydrogen) atoms. The number of esters is 1. The molecule has 10 atom stereocenters. The number of halogens is 1. The van der Waals surface area contributed by atoms with Crippen molar-refractivity contribution in [2.24, 2.45) is 11.8 Å². The molecule has 8 fully saturated rings. The van der Waals surface area contributed by atoms with Crippen molar-refractivity contribution in [1.29, 1.82) is 0 Å². The number of benzene rings is 3. The van der Waals surface area contributed by atoms with Crippen LogP contribution in [0.1, 0.15) is 108 Å². The van der Waals surface area contributed by atoms with E-state index in [0.717, 1.165) is 43.6 Å². The van der Waals surface area contributed by atoms with Crippen molar-refractivity contribution in [3.8, 4) is 0 Å². The molecule has 8 saturated heterocycles. The van der Waals surface area contributed by atoms with Crippen LogP contribution in [0.4, 0.5) is 25.4 Å². The number of amides is 10. The molecule has 3 aromatic carbocycles. The zero-order valence-corrected chi connectivity index (χ0v) is 56.3. The lowest BCUT2D eigenvalue weighted by molar-refractivity contribution is -0.158. The van der Waals surface area contributed by atoms with Crippen molar-refractivity contribution in [3.05, 3.63) is 95.3 Å². The molecule has 8 heterocycles. The molecule has 11 rings (SSSR count). The van der Waals surface area contributed by atoms with Crippen molar-refractivity contribution >= 4 is 88.4 Å². The number of carbonyl (C=O) groups is 11. The van der Waals surface area contributed by atoms with E-state index >= 15 is 18.8 Å². The van der Waals surface area contributed by atoms with Crippen molar-refractivity contribution in [3.63, 3.8) is 0 Å². The molecule has 10 amide bonds. The van der Waals surface area contributed by atoms with Gasteiger partial charge in [0.15, 0.2) is 6.04 Å². The number of nitrogens with one attached hydrogen (secondary N) is 5. The minimum Gasteiger partial charge on any atom is -0.458 e. The summed E-state index contributed by atoms with van der Waals surface area (Å²) in [6.07, 6.45) is 1.20. The Hall–Kier alpha value is -8.33. The smallest absolute Gasteiger partial charge is 0.414 e. The molecule has 0 radical (unpaired) electrons. The maximum Gasteiger partial charge on any atom is 0.414 e. The first kappa shape index (κ1) is 70.5. The molecule has 518 valence electrons. The molecule has 3 aromatic rings. The molecule has 27 heteroatoms. The topological polar surface area (TPSA) is 289 Å². The average Bonchev–Trinajstić information content (AvgIpc) is 0.996. The molecule has 25 nitrogen and oxygen atoms in total. The van der Waals surface area contributed by atoms with Crippen molar-refractivity contribution in [2.75, 3.05) is 101 Å². The fraction of sp³-hybridized carbons (Fsp3) is 0.580. The van der Waals surface area contributed by atoms with E-state index in [1.807, 2.05) is 36.1 Å². The summed E-state index contributed by atoms with van der Waals surface area (Å²) in [6, 6.07) is 12.0. The summed E-state index contributed by atoms with van der Waals surface area (Å²) in [7, 11) is 1.52. The number of nitrogens with zero attached hydrogens (tertiary/aromatic N) is 7. The Labute approximate surface area is 563 Å². The van der Waals surface area contributed by atoms with E-state index in [9.17, 15) is 38.4 Å². The van der Waals surface area contributed by atoms with E-state index in [4.69, 9.17) is 9.47 Å². The highest BCUT2D eigenvalue weighted by Gasteiger charge is 2.48. The summed E-state index contributed by atoms with van der Waals surface area (Å²) >= 11 is 1.73. The van der Waals surface area contributed by atoms with Crippen LogP contribution in [0.3, 0.4) is 0 Å². The Bertz CT molecular complexity index is 3350. The molecule has 5 N–H and O–H groups in total. The molecule has 2 bridgehead atoms. The summed E-state index contributed by atoms with van der Waals surface area (Å²) in [5.41, 5.74) is 2.63. The number of cyclic esters (lactones) is 2. The molecule has 1 unspecified atom stereocenters. The fourth-order valence-corrected chi connectivity index (χ4v) is 15.7. The van der Waals surface area contributed by atoms with Crippen molar-refractivity contribution < 1.29 is 66.6 Å². The number of fused-ring (bicyclic) bond motifs is 5. The number of thioether (sulfide) groups is 1. The molecule has 0 aliphatic carbocycles. The van der Waals surface area contributed by atoms with Crippen LogP contribution in [0, 0.1) is 24.6 Å². The predicted molar refractivity (Wildman–Crippen MR) is 356 cm³/mol. The van der Waals surface area contributed by atoms with Gasteiger partial charge in [0, 0.05) is 103 Å². The second kappa shape index (κ2) is 32.1. The number of hydrogen-bond acceptors (Lipinski definition) is 16. The Morgan fingerprint density at radius 2 is 1.49 bits per heavy atom. The monoisotopic (exact) mass is 1350 g/mol. The fourth-order valence-electron chi connectivity index (χ4n) is 14.1. The van der Waals surface area contributed by atoms with Crippen LogP contribution in [0.15, 0.2) is 72.8 Å².